The lowest BCUT2D eigenvalue weighted by molar-refractivity contribution is -0.123. The molecule has 0 atom stereocenters. The summed E-state index contributed by atoms with van der Waals surface area (Å²) in [5, 5.41) is 4.79. The maximum Gasteiger partial charge on any atom is 0.373 e. The van der Waals surface area contributed by atoms with Gasteiger partial charge in [-0.05, 0) is 78.0 Å². The first kappa shape index (κ1) is 27.5. The van der Waals surface area contributed by atoms with Gasteiger partial charge in [-0.25, -0.2) is 9.59 Å². The van der Waals surface area contributed by atoms with E-state index in [1.165, 1.54) is 32.4 Å². The van der Waals surface area contributed by atoms with Gasteiger partial charge in [0.15, 0.2) is 11.5 Å². The molecule has 1 saturated heterocycles. The molecule has 1 aliphatic rings. The fourth-order valence-electron chi connectivity index (χ4n) is 4.26. The summed E-state index contributed by atoms with van der Waals surface area (Å²) in [5.41, 5.74) is 1.64. The van der Waals surface area contributed by atoms with Crippen LogP contribution in [0, 0.1) is 0 Å². The average molecular weight is 670 g/mol. The van der Waals surface area contributed by atoms with E-state index in [2.05, 4.69) is 41.9 Å². The molecule has 40 heavy (non-hydrogen) atoms. The van der Waals surface area contributed by atoms with E-state index in [0.717, 1.165) is 21.2 Å². The zero-order chi connectivity index (χ0) is 28.4. The molecule has 11 heteroatoms. The van der Waals surface area contributed by atoms with Crippen LogP contribution in [0.15, 0.2) is 79.7 Å². The van der Waals surface area contributed by atoms with Crippen LogP contribution in [-0.4, -0.2) is 37.0 Å². The molecule has 204 valence electrons. The molecular formula is C29H22Br2N2O7. The molecule has 0 unspecified atom stereocenters. The number of fused-ring (bicyclic) bond motifs is 1. The van der Waals surface area contributed by atoms with E-state index in [4.69, 9.17) is 13.9 Å². The molecule has 2 heterocycles. The maximum atomic E-state index is 13.1. The van der Waals surface area contributed by atoms with Crippen LogP contribution in [0.3, 0.4) is 0 Å². The highest BCUT2D eigenvalue weighted by molar-refractivity contribution is 9.13. The smallest absolute Gasteiger partial charge is 0.373 e. The Morgan fingerprint density at radius 2 is 1.80 bits per heavy atom. The van der Waals surface area contributed by atoms with E-state index in [9.17, 15) is 14.4 Å². The van der Waals surface area contributed by atoms with E-state index in [1.54, 1.807) is 6.07 Å². The number of imide groups is 1. The first-order valence-electron chi connectivity index (χ1n) is 12.0. The van der Waals surface area contributed by atoms with Crippen molar-refractivity contribution in [1.29, 1.82) is 0 Å². The Morgan fingerprint density at radius 3 is 2.58 bits per heavy atom. The Kier molecular flexibility index (Phi) is 7.95. The number of benzene rings is 3. The van der Waals surface area contributed by atoms with Crippen molar-refractivity contribution in [2.24, 2.45) is 0 Å². The number of furan rings is 1. The Labute approximate surface area is 245 Å². The zero-order valence-corrected chi connectivity index (χ0v) is 24.5. The molecule has 1 N–H and O–H groups in total. The quantitative estimate of drug-likeness (QED) is 0.131. The summed E-state index contributed by atoms with van der Waals surface area (Å²) in [6.45, 7) is 0.144. The van der Waals surface area contributed by atoms with Crippen molar-refractivity contribution in [2.75, 3.05) is 14.2 Å². The van der Waals surface area contributed by atoms with Crippen LogP contribution in [0.25, 0.3) is 16.8 Å². The number of urea groups is 1. The molecule has 0 bridgehead atoms. The third-order valence-electron chi connectivity index (χ3n) is 6.25. The van der Waals surface area contributed by atoms with Gasteiger partial charge < -0.3 is 23.9 Å². The predicted molar refractivity (Wildman–Crippen MR) is 154 cm³/mol. The number of esters is 1. The molecular weight excluding hydrogens is 648 g/mol. The first-order chi connectivity index (χ1) is 19.3. The number of carbonyl (C=O) groups excluding carboxylic acids is 3. The van der Waals surface area contributed by atoms with E-state index in [-0.39, 0.29) is 23.8 Å². The van der Waals surface area contributed by atoms with Gasteiger partial charge in [0.05, 0.1) is 25.2 Å². The molecule has 3 amide bonds. The highest BCUT2D eigenvalue weighted by Gasteiger charge is 2.35. The molecule has 0 saturated carbocycles. The minimum atomic E-state index is -0.655. The Balaban J connectivity index is 1.38. The van der Waals surface area contributed by atoms with E-state index in [1.807, 2.05) is 42.5 Å². The Hall–Kier alpha value is -4.09. The number of hydrogen-bond donors (Lipinski definition) is 1. The number of methoxy groups -OCH3 is 2. The van der Waals surface area contributed by atoms with Crippen molar-refractivity contribution >= 4 is 66.6 Å². The second kappa shape index (κ2) is 11.6. The van der Waals surface area contributed by atoms with Gasteiger partial charge in [-0.15, -0.1) is 0 Å². The molecule has 1 aromatic heterocycles. The molecule has 0 aliphatic carbocycles. The van der Waals surface area contributed by atoms with Gasteiger partial charge in [-0.3, -0.25) is 9.69 Å². The van der Waals surface area contributed by atoms with Crippen LogP contribution < -0.4 is 14.8 Å². The highest BCUT2D eigenvalue weighted by atomic mass is 79.9. The van der Waals surface area contributed by atoms with Crippen LogP contribution in [0.5, 0.6) is 11.5 Å². The van der Waals surface area contributed by atoms with Gasteiger partial charge in [0, 0.05) is 4.47 Å². The molecule has 0 spiro atoms. The van der Waals surface area contributed by atoms with Gasteiger partial charge in [0.2, 0.25) is 5.76 Å². The Morgan fingerprint density at radius 1 is 1.02 bits per heavy atom. The van der Waals surface area contributed by atoms with Gasteiger partial charge in [-0.2, -0.15) is 0 Å². The van der Waals surface area contributed by atoms with E-state index < -0.39 is 17.9 Å². The number of nitrogens with zero attached hydrogens (tertiary/aromatic N) is 1. The van der Waals surface area contributed by atoms with Crippen LogP contribution in [-0.2, 0) is 22.7 Å². The third-order valence-corrected chi connectivity index (χ3v) is 8.40. The van der Waals surface area contributed by atoms with Crippen molar-refractivity contribution in [2.45, 2.75) is 13.2 Å². The average Bonchev–Trinajstić information content (AvgIpc) is 3.54. The summed E-state index contributed by atoms with van der Waals surface area (Å²) in [5.74, 6) is -0.0709. The molecule has 5 rings (SSSR count). The summed E-state index contributed by atoms with van der Waals surface area (Å²) in [7, 11) is 2.75. The topological polar surface area (TPSA) is 107 Å². The SMILES string of the molecule is COC(=O)c1ccc(CN2C(=O)N/C(=C\c3cc(OC)c(OCc4cccc5ccccc45)c(Br)c3Br)C2=O)o1. The number of rotatable bonds is 8. The number of ether oxygens (including phenoxy) is 3. The number of carbonyl (C=O) groups is 3. The fraction of sp³-hybridized carbons (Fsp3) is 0.138. The molecule has 0 radical (unpaired) electrons. The van der Waals surface area contributed by atoms with Crippen molar-refractivity contribution in [1.82, 2.24) is 10.2 Å². The summed E-state index contributed by atoms with van der Waals surface area (Å²) >= 11 is 7.16. The van der Waals surface area contributed by atoms with Crippen LogP contribution in [0.2, 0.25) is 0 Å². The standard InChI is InChI=1S/C29H22Br2N2O7/c1-37-23-13-18(12-21-27(34)33(29(36)32-21)14-19-10-11-22(40-19)28(35)38-2)24(30)25(31)26(23)39-15-17-8-5-7-16-6-3-4-9-20(16)17/h3-13H,14-15H2,1-2H3,(H,32,36)/b21-12-. The second-order valence-corrected chi connectivity index (χ2v) is 10.3. The summed E-state index contributed by atoms with van der Waals surface area (Å²) in [6, 6.07) is 18.1. The fourth-order valence-corrected chi connectivity index (χ4v) is 5.21. The second-order valence-electron chi connectivity index (χ2n) is 8.69. The van der Waals surface area contributed by atoms with Crippen molar-refractivity contribution in [3.05, 3.63) is 98.0 Å². The molecule has 4 aromatic rings. The Bertz CT molecular complexity index is 1670. The lowest BCUT2D eigenvalue weighted by Crippen LogP contribution is -2.30. The number of halogens is 2. The van der Waals surface area contributed by atoms with Crippen LogP contribution in [0.1, 0.15) is 27.4 Å². The summed E-state index contributed by atoms with van der Waals surface area (Å²) in [6.07, 6.45) is 1.54. The summed E-state index contributed by atoms with van der Waals surface area (Å²) < 4.78 is 23.0. The van der Waals surface area contributed by atoms with Crippen molar-refractivity contribution < 1.29 is 33.0 Å². The van der Waals surface area contributed by atoms with Crippen LogP contribution in [0.4, 0.5) is 4.79 Å². The third kappa shape index (κ3) is 5.34. The van der Waals surface area contributed by atoms with Crippen molar-refractivity contribution in [3.8, 4) is 11.5 Å². The van der Waals surface area contributed by atoms with Gasteiger partial charge in [-0.1, -0.05) is 42.5 Å². The van der Waals surface area contributed by atoms with Gasteiger partial charge in [0.25, 0.3) is 5.91 Å². The van der Waals surface area contributed by atoms with Gasteiger partial charge >= 0.3 is 12.0 Å². The van der Waals surface area contributed by atoms with E-state index >= 15 is 0 Å². The summed E-state index contributed by atoms with van der Waals surface area (Å²) in [4.78, 5) is 38.3. The molecule has 1 fully saturated rings. The largest absolute Gasteiger partial charge is 0.493 e. The molecule has 1 aliphatic heterocycles. The minimum Gasteiger partial charge on any atom is -0.493 e. The molecule has 9 nitrogen and oxygen atoms in total. The van der Waals surface area contributed by atoms with Crippen LogP contribution >= 0.6 is 31.9 Å². The normalized spacial score (nSPS) is 14.1. The number of hydrogen-bond acceptors (Lipinski definition) is 7. The van der Waals surface area contributed by atoms with Crippen molar-refractivity contribution in [3.63, 3.8) is 0 Å². The monoisotopic (exact) mass is 668 g/mol. The maximum absolute atomic E-state index is 13.1. The van der Waals surface area contributed by atoms with Gasteiger partial charge in [0.1, 0.15) is 18.1 Å². The number of nitrogens with one attached hydrogen (secondary N) is 1. The predicted octanol–water partition coefficient (Wildman–Crippen LogP) is 6.42. The number of amides is 3. The lowest BCUT2D eigenvalue weighted by atomic mass is 10.1. The lowest BCUT2D eigenvalue weighted by Gasteiger charge is -2.16. The van der Waals surface area contributed by atoms with E-state index in [0.29, 0.717) is 32.6 Å². The zero-order valence-electron chi connectivity index (χ0n) is 21.3. The minimum absolute atomic E-state index is 0.0241. The first-order valence-corrected chi connectivity index (χ1v) is 13.6. The molecule has 3 aromatic carbocycles. The highest BCUT2D eigenvalue weighted by Crippen LogP contribution is 2.44.